The molecule has 1 amide bonds. The Morgan fingerprint density at radius 1 is 1.56 bits per heavy atom. The largest absolute Gasteiger partial charge is 0.449 e. The van der Waals surface area contributed by atoms with Crippen molar-refractivity contribution in [3.63, 3.8) is 0 Å². The summed E-state index contributed by atoms with van der Waals surface area (Å²) < 4.78 is 4.97. The second-order valence-corrected chi connectivity index (χ2v) is 4.54. The first-order chi connectivity index (χ1) is 8.63. The molecule has 1 rings (SSSR count). The highest BCUT2D eigenvalue weighted by atomic mass is 32.1. The normalized spacial score (nSPS) is 12.3. The summed E-state index contributed by atoms with van der Waals surface area (Å²) in [5.41, 5.74) is 0.944. The average molecular weight is 267 g/mol. The molecule has 0 saturated heterocycles. The summed E-state index contributed by atoms with van der Waals surface area (Å²) >= 11 is 1.55. The fourth-order valence-corrected chi connectivity index (χ4v) is 1.82. The van der Waals surface area contributed by atoms with Crippen LogP contribution in [0.3, 0.4) is 0 Å². The molecule has 0 aliphatic carbocycles. The van der Waals surface area contributed by atoms with E-state index >= 15 is 0 Å². The first-order valence-corrected chi connectivity index (χ1v) is 6.76. The van der Waals surface area contributed by atoms with E-state index in [4.69, 9.17) is 4.74 Å². The van der Waals surface area contributed by atoms with Gasteiger partial charge in [0.2, 0.25) is 0 Å². The number of ether oxygens (including phenoxy) is 1. The molecule has 0 aromatic carbocycles. The predicted octanol–water partition coefficient (Wildman–Crippen LogP) is 2.22. The van der Waals surface area contributed by atoms with Crippen molar-refractivity contribution in [3.8, 4) is 0 Å². The lowest BCUT2D eigenvalue weighted by molar-refractivity contribution is -0.150. The van der Waals surface area contributed by atoms with Crippen molar-refractivity contribution in [2.75, 3.05) is 6.54 Å². The molecule has 0 unspecified atom stereocenters. The highest BCUT2D eigenvalue weighted by Gasteiger charge is 2.15. The van der Waals surface area contributed by atoms with Gasteiger partial charge in [-0.15, -0.1) is 0 Å². The summed E-state index contributed by atoms with van der Waals surface area (Å²) in [7, 11) is 0. The summed E-state index contributed by atoms with van der Waals surface area (Å²) in [5, 5.41) is 6.51. The van der Waals surface area contributed by atoms with E-state index in [0.29, 0.717) is 6.54 Å². The highest BCUT2D eigenvalue weighted by Crippen LogP contribution is 2.07. The van der Waals surface area contributed by atoms with Gasteiger partial charge in [0.1, 0.15) is 0 Å². The van der Waals surface area contributed by atoms with Crippen LogP contribution >= 0.6 is 11.3 Å². The number of carbonyl (C=O) groups excluding carboxylic acids is 2. The second-order valence-electron chi connectivity index (χ2n) is 3.76. The summed E-state index contributed by atoms with van der Waals surface area (Å²) in [6.45, 7) is 4.10. The van der Waals surface area contributed by atoms with E-state index in [1.807, 2.05) is 23.8 Å². The standard InChI is InChI=1S/C13H17NO3S/c1-3-7-14-13(16)10(2)17-12(15)5-4-11-6-8-18-9-11/h4-6,8-10H,3,7H2,1-2H3,(H,14,16)/b5-4+/t10-/m1/s1. The fraction of sp³-hybridized carbons (Fsp3) is 0.385. The first kappa shape index (κ1) is 14.4. The maximum absolute atomic E-state index is 11.5. The predicted molar refractivity (Wildman–Crippen MR) is 72.2 cm³/mol. The lowest BCUT2D eigenvalue weighted by atomic mass is 10.3. The van der Waals surface area contributed by atoms with E-state index in [-0.39, 0.29) is 5.91 Å². The summed E-state index contributed by atoms with van der Waals surface area (Å²) in [6, 6.07) is 1.89. The van der Waals surface area contributed by atoms with Gasteiger partial charge in [-0.1, -0.05) is 6.92 Å². The molecule has 1 N–H and O–H groups in total. The number of nitrogens with one attached hydrogen (secondary N) is 1. The van der Waals surface area contributed by atoms with Crippen molar-refractivity contribution in [1.29, 1.82) is 0 Å². The van der Waals surface area contributed by atoms with Gasteiger partial charge >= 0.3 is 5.97 Å². The van der Waals surface area contributed by atoms with Crippen LogP contribution in [-0.2, 0) is 14.3 Å². The van der Waals surface area contributed by atoms with Crippen LogP contribution in [0.5, 0.6) is 0 Å². The minimum Gasteiger partial charge on any atom is -0.449 e. The summed E-state index contributed by atoms with van der Waals surface area (Å²) in [5.74, 6) is -0.783. The fourth-order valence-electron chi connectivity index (χ4n) is 1.19. The second kappa shape index (κ2) is 7.66. The SMILES string of the molecule is CCCNC(=O)[C@@H](C)OC(=O)/C=C/c1ccsc1. The van der Waals surface area contributed by atoms with Crippen LogP contribution in [0, 0.1) is 0 Å². The van der Waals surface area contributed by atoms with Crippen molar-refractivity contribution in [2.45, 2.75) is 26.4 Å². The van der Waals surface area contributed by atoms with Crippen molar-refractivity contribution in [3.05, 3.63) is 28.5 Å². The number of hydrogen-bond acceptors (Lipinski definition) is 4. The van der Waals surface area contributed by atoms with Gasteiger partial charge in [-0.05, 0) is 41.8 Å². The van der Waals surface area contributed by atoms with Gasteiger partial charge in [0.15, 0.2) is 6.10 Å². The maximum Gasteiger partial charge on any atom is 0.331 e. The van der Waals surface area contributed by atoms with Crippen LogP contribution < -0.4 is 5.32 Å². The molecule has 4 nitrogen and oxygen atoms in total. The van der Waals surface area contributed by atoms with E-state index < -0.39 is 12.1 Å². The van der Waals surface area contributed by atoms with Gasteiger partial charge in [-0.3, -0.25) is 4.79 Å². The van der Waals surface area contributed by atoms with Crippen LogP contribution in [0.25, 0.3) is 6.08 Å². The lowest BCUT2D eigenvalue weighted by Gasteiger charge is -2.11. The maximum atomic E-state index is 11.5. The third-order valence-electron chi connectivity index (χ3n) is 2.17. The van der Waals surface area contributed by atoms with Gasteiger partial charge < -0.3 is 10.1 Å². The van der Waals surface area contributed by atoms with E-state index in [0.717, 1.165) is 12.0 Å². The van der Waals surface area contributed by atoms with Gasteiger partial charge in [0.05, 0.1) is 0 Å². The Morgan fingerprint density at radius 3 is 2.94 bits per heavy atom. The van der Waals surface area contributed by atoms with E-state index in [2.05, 4.69) is 5.32 Å². The van der Waals surface area contributed by atoms with Gasteiger partial charge in [-0.25, -0.2) is 4.79 Å². The van der Waals surface area contributed by atoms with Crippen LogP contribution in [0.15, 0.2) is 22.9 Å². The molecule has 0 aliphatic heterocycles. The third kappa shape index (κ3) is 5.14. The molecule has 0 bridgehead atoms. The molecule has 1 aromatic heterocycles. The molecule has 1 atom stereocenters. The number of carbonyl (C=O) groups is 2. The first-order valence-electron chi connectivity index (χ1n) is 5.82. The smallest absolute Gasteiger partial charge is 0.331 e. The zero-order valence-corrected chi connectivity index (χ0v) is 11.3. The summed E-state index contributed by atoms with van der Waals surface area (Å²) in [6.07, 6.45) is 3.07. The number of rotatable bonds is 6. The molecule has 1 aromatic rings. The lowest BCUT2D eigenvalue weighted by Crippen LogP contribution is -2.35. The Balaban J connectivity index is 2.37. The molecule has 1 heterocycles. The summed E-state index contributed by atoms with van der Waals surface area (Å²) in [4.78, 5) is 22.9. The Hall–Kier alpha value is -1.62. The van der Waals surface area contributed by atoms with Crippen LogP contribution in [0.2, 0.25) is 0 Å². The molecule has 0 spiro atoms. The number of hydrogen-bond donors (Lipinski definition) is 1. The molecule has 5 heteroatoms. The minimum atomic E-state index is -0.767. The minimum absolute atomic E-state index is 0.269. The molecule has 18 heavy (non-hydrogen) atoms. The number of esters is 1. The Kier molecular flexibility index (Phi) is 6.14. The Bertz CT molecular complexity index is 412. The molecule has 0 radical (unpaired) electrons. The van der Waals surface area contributed by atoms with E-state index in [1.54, 1.807) is 24.3 Å². The molecule has 0 saturated carbocycles. The zero-order valence-electron chi connectivity index (χ0n) is 10.5. The van der Waals surface area contributed by atoms with Crippen LogP contribution in [0.4, 0.5) is 0 Å². The monoisotopic (exact) mass is 267 g/mol. The van der Waals surface area contributed by atoms with Crippen molar-refractivity contribution in [1.82, 2.24) is 5.32 Å². The Morgan fingerprint density at radius 2 is 2.33 bits per heavy atom. The van der Waals surface area contributed by atoms with Crippen molar-refractivity contribution >= 4 is 29.3 Å². The van der Waals surface area contributed by atoms with E-state index in [1.165, 1.54) is 6.08 Å². The van der Waals surface area contributed by atoms with Crippen molar-refractivity contribution in [2.24, 2.45) is 0 Å². The van der Waals surface area contributed by atoms with Crippen LogP contribution in [0.1, 0.15) is 25.8 Å². The number of amides is 1. The molecule has 0 fully saturated rings. The Labute approximate surface area is 111 Å². The number of thiophene rings is 1. The molecular formula is C13H17NO3S. The zero-order chi connectivity index (χ0) is 13.4. The quantitative estimate of drug-likeness (QED) is 0.635. The third-order valence-corrected chi connectivity index (χ3v) is 2.87. The average Bonchev–Trinajstić information content (AvgIpc) is 2.86. The van der Waals surface area contributed by atoms with Gasteiger partial charge in [0.25, 0.3) is 5.91 Å². The highest BCUT2D eigenvalue weighted by molar-refractivity contribution is 7.08. The molecule has 98 valence electrons. The van der Waals surface area contributed by atoms with Crippen molar-refractivity contribution < 1.29 is 14.3 Å². The van der Waals surface area contributed by atoms with Crippen LogP contribution in [-0.4, -0.2) is 24.5 Å². The van der Waals surface area contributed by atoms with Gasteiger partial charge in [0, 0.05) is 12.6 Å². The molecular weight excluding hydrogens is 250 g/mol. The topological polar surface area (TPSA) is 55.4 Å². The molecule has 0 aliphatic rings. The van der Waals surface area contributed by atoms with Gasteiger partial charge in [-0.2, -0.15) is 11.3 Å². The van der Waals surface area contributed by atoms with E-state index in [9.17, 15) is 9.59 Å².